The van der Waals surface area contributed by atoms with Gasteiger partial charge in [-0.3, -0.25) is 4.79 Å². The van der Waals surface area contributed by atoms with Gasteiger partial charge in [-0.25, -0.2) is 15.0 Å². The fourth-order valence-corrected chi connectivity index (χ4v) is 2.83. The first kappa shape index (κ1) is 16.3. The Labute approximate surface area is 143 Å². The average molecular weight is 343 g/mol. The molecule has 8 heteroatoms. The molecule has 2 heterocycles. The number of ether oxygens (including phenoxy) is 1. The van der Waals surface area contributed by atoms with Gasteiger partial charge in [0.1, 0.15) is 17.8 Å². The lowest BCUT2D eigenvalue weighted by atomic mass is 10.1. The van der Waals surface area contributed by atoms with Crippen LogP contribution in [0.2, 0.25) is 0 Å². The SMILES string of the molecule is COC1C=CC(CNC(=O)c2csc(Nc3ccncn3)n2)=CC1. The van der Waals surface area contributed by atoms with E-state index in [1.165, 1.54) is 17.7 Å². The standard InChI is InChI=1S/C16H17N5O2S/c1-23-12-4-2-11(3-5-12)8-18-15(22)13-9-24-16(20-13)21-14-6-7-17-10-19-14/h2-4,6-7,9-10,12H,5,8H2,1H3,(H,18,22)(H,17,19,20,21). The van der Waals surface area contributed by atoms with Crippen molar-refractivity contribution in [2.75, 3.05) is 19.0 Å². The molecule has 0 aliphatic heterocycles. The maximum absolute atomic E-state index is 12.2. The summed E-state index contributed by atoms with van der Waals surface area (Å²) in [6, 6.07) is 1.73. The van der Waals surface area contributed by atoms with Gasteiger partial charge in [-0.2, -0.15) is 0 Å². The number of hydrogen-bond donors (Lipinski definition) is 2. The van der Waals surface area contributed by atoms with Gasteiger partial charge in [0.2, 0.25) is 0 Å². The number of rotatable bonds is 6. The minimum absolute atomic E-state index is 0.124. The largest absolute Gasteiger partial charge is 0.377 e. The second kappa shape index (κ2) is 7.80. The van der Waals surface area contributed by atoms with Crippen LogP contribution in [0.5, 0.6) is 0 Å². The fraction of sp³-hybridized carbons (Fsp3) is 0.250. The number of carbonyl (C=O) groups is 1. The molecule has 0 saturated heterocycles. The van der Waals surface area contributed by atoms with Crippen LogP contribution in [0.3, 0.4) is 0 Å². The molecule has 0 spiro atoms. The third-order valence-corrected chi connectivity index (χ3v) is 4.20. The van der Waals surface area contributed by atoms with Gasteiger partial charge in [0, 0.05) is 25.2 Å². The Bertz CT molecular complexity index is 757. The predicted octanol–water partition coefficient (Wildman–Crippen LogP) is 2.31. The van der Waals surface area contributed by atoms with Crippen LogP contribution in [-0.2, 0) is 4.74 Å². The van der Waals surface area contributed by atoms with Crippen LogP contribution in [0.4, 0.5) is 10.9 Å². The van der Waals surface area contributed by atoms with Crippen molar-refractivity contribution in [2.45, 2.75) is 12.5 Å². The lowest BCUT2D eigenvalue weighted by molar-refractivity contribution is 0.0953. The molecule has 24 heavy (non-hydrogen) atoms. The molecule has 124 valence electrons. The summed E-state index contributed by atoms with van der Waals surface area (Å²) in [4.78, 5) is 24.4. The van der Waals surface area contributed by atoms with E-state index in [1.807, 2.05) is 12.2 Å². The van der Waals surface area contributed by atoms with E-state index >= 15 is 0 Å². The molecular weight excluding hydrogens is 326 g/mol. The average Bonchev–Trinajstić information content (AvgIpc) is 3.09. The molecule has 1 atom stereocenters. The van der Waals surface area contributed by atoms with Gasteiger partial charge < -0.3 is 15.4 Å². The molecule has 0 aromatic carbocycles. The Kier molecular flexibility index (Phi) is 5.29. The quantitative estimate of drug-likeness (QED) is 0.837. The third kappa shape index (κ3) is 4.24. The van der Waals surface area contributed by atoms with E-state index in [2.05, 4.69) is 31.7 Å². The molecule has 0 fully saturated rings. The molecule has 0 bridgehead atoms. The van der Waals surface area contributed by atoms with Crippen LogP contribution in [0.25, 0.3) is 0 Å². The third-order valence-electron chi connectivity index (χ3n) is 3.45. The molecule has 0 saturated carbocycles. The van der Waals surface area contributed by atoms with Gasteiger partial charge in [0.05, 0.1) is 6.10 Å². The Morgan fingerprint density at radius 3 is 3.12 bits per heavy atom. The summed E-state index contributed by atoms with van der Waals surface area (Å²) >= 11 is 1.35. The minimum Gasteiger partial charge on any atom is -0.377 e. The topological polar surface area (TPSA) is 89.0 Å². The number of thiazole rings is 1. The second-order valence-electron chi connectivity index (χ2n) is 5.09. The minimum atomic E-state index is -0.204. The maximum atomic E-state index is 12.2. The number of amides is 1. The van der Waals surface area contributed by atoms with Crippen LogP contribution in [0.1, 0.15) is 16.9 Å². The van der Waals surface area contributed by atoms with Crippen molar-refractivity contribution in [3.8, 4) is 0 Å². The Morgan fingerprint density at radius 1 is 1.50 bits per heavy atom. The van der Waals surface area contributed by atoms with E-state index in [0.717, 1.165) is 12.0 Å². The molecule has 1 aliphatic carbocycles. The zero-order chi connectivity index (χ0) is 16.8. The summed E-state index contributed by atoms with van der Waals surface area (Å²) in [6.45, 7) is 0.470. The van der Waals surface area contributed by atoms with Crippen LogP contribution in [0.15, 0.2) is 47.8 Å². The zero-order valence-electron chi connectivity index (χ0n) is 13.1. The predicted molar refractivity (Wildman–Crippen MR) is 92.4 cm³/mol. The van der Waals surface area contributed by atoms with E-state index in [0.29, 0.717) is 23.2 Å². The number of nitrogens with zero attached hydrogens (tertiary/aromatic N) is 3. The van der Waals surface area contributed by atoms with E-state index in [4.69, 9.17) is 4.74 Å². The van der Waals surface area contributed by atoms with E-state index < -0.39 is 0 Å². The summed E-state index contributed by atoms with van der Waals surface area (Å²) in [5.41, 5.74) is 1.44. The zero-order valence-corrected chi connectivity index (χ0v) is 13.9. The summed E-state index contributed by atoms with van der Waals surface area (Å²) < 4.78 is 5.24. The lowest BCUT2D eigenvalue weighted by Crippen LogP contribution is -2.26. The van der Waals surface area contributed by atoms with Crippen LogP contribution in [0, 0.1) is 0 Å². The first-order valence-electron chi connectivity index (χ1n) is 7.41. The molecule has 2 aromatic rings. The summed E-state index contributed by atoms with van der Waals surface area (Å²) in [5, 5.41) is 8.23. The van der Waals surface area contributed by atoms with Crippen molar-refractivity contribution in [3.05, 3.63) is 53.5 Å². The van der Waals surface area contributed by atoms with Crippen molar-refractivity contribution in [2.24, 2.45) is 0 Å². The highest BCUT2D eigenvalue weighted by atomic mass is 32.1. The van der Waals surface area contributed by atoms with E-state index in [1.54, 1.807) is 24.8 Å². The van der Waals surface area contributed by atoms with Gasteiger partial charge >= 0.3 is 0 Å². The molecule has 1 aliphatic rings. The van der Waals surface area contributed by atoms with Gasteiger partial charge in [-0.15, -0.1) is 11.3 Å². The number of nitrogens with one attached hydrogen (secondary N) is 2. The van der Waals surface area contributed by atoms with E-state index in [-0.39, 0.29) is 12.0 Å². The molecule has 2 aromatic heterocycles. The number of aromatic nitrogens is 3. The number of anilines is 2. The van der Waals surface area contributed by atoms with Crippen LogP contribution >= 0.6 is 11.3 Å². The molecule has 7 nitrogen and oxygen atoms in total. The highest BCUT2D eigenvalue weighted by Gasteiger charge is 2.12. The number of hydrogen-bond acceptors (Lipinski definition) is 7. The molecule has 0 radical (unpaired) electrons. The Hall–Kier alpha value is -2.58. The highest BCUT2D eigenvalue weighted by molar-refractivity contribution is 7.14. The molecule has 1 unspecified atom stereocenters. The summed E-state index contributed by atoms with van der Waals surface area (Å²) in [5.74, 6) is 0.432. The molecular formula is C16H17N5O2S. The molecule has 2 N–H and O–H groups in total. The molecule has 1 amide bonds. The van der Waals surface area contributed by atoms with Crippen molar-refractivity contribution >= 4 is 28.2 Å². The van der Waals surface area contributed by atoms with Crippen molar-refractivity contribution in [3.63, 3.8) is 0 Å². The van der Waals surface area contributed by atoms with Crippen molar-refractivity contribution in [1.29, 1.82) is 0 Å². The van der Waals surface area contributed by atoms with Gasteiger partial charge in [-0.1, -0.05) is 18.2 Å². The van der Waals surface area contributed by atoms with Crippen LogP contribution < -0.4 is 10.6 Å². The fourth-order valence-electron chi connectivity index (χ4n) is 2.13. The monoisotopic (exact) mass is 343 g/mol. The summed E-state index contributed by atoms with van der Waals surface area (Å²) in [6.07, 6.45) is 10.1. The smallest absolute Gasteiger partial charge is 0.271 e. The van der Waals surface area contributed by atoms with Gasteiger partial charge in [0.25, 0.3) is 5.91 Å². The maximum Gasteiger partial charge on any atom is 0.271 e. The summed E-state index contributed by atoms with van der Waals surface area (Å²) in [7, 11) is 1.69. The highest BCUT2D eigenvalue weighted by Crippen LogP contribution is 2.19. The number of carbonyl (C=O) groups excluding carboxylic acids is 1. The van der Waals surface area contributed by atoms with Crippen LogP contribution in [-0.4, -0.2) is 40.6 Å². The normalized spacial score (nSPS) is 16.5. The lowest BCUT2D eigenvalue weighted by Gasteiger charge is -2.14. The molecule has 3 rings (SSSR count). The van der Waals surface area contributed by atoms with E-state index in [9.17, 15) is 4.79 Å². The second-order valence-corrected chi connectivity index (χ2v) is 5.95. The Morgan fingerprint density at radius 2 is 2.42 bits per heavy atom. The van der Waals surface area contributed by atoms with Gasteiger partial charge in [-0.05, 0) is 18.1 Å². The number of methoxy groups -OCH3 is 1. The first-order valence-corrected chi connectivity index (χ1v) is 8.29. The van der Waals surface area contributed by atoms with Crippen molar-refractivity contribution in [1.82, 2.24) is 20.3 Å². The van der Waals surface area contributed by atoms with Gasteiger partial charge in [0.15, 0.2) is 5.13 Å². The van der Waals surface area contributed by atoms with Crippen molar-refractivity contribution < 1.29 is 9.53 Å². The first-order chi connectivity index (χ1) is 11.7. The Balaban J connectivity index is 1.53.